The predicted octanol–water partition coefficient (Wildman–Crippen LogP) is 3.31. The average molecular weight is 396 g/mol. The van der Waals surface area contributed by atoms with Gasteiger partial charge in [0.2, 0.25) is 0 Å². The molecule has 1 aliphatic carbocycles. The van der Waals surface area contributed by atoms with Gasteiger partial charge in [-0.05, 0) is 55.9 Å². The Morgan fingerprint density at radius 3 is 2.52 bits per heavy atom. The minimum Gasteiger partial charge on any atom is -0.497 e. The largest absolute Gasteiger partial charge is 0.497 e. The number of hydrogen-bond donors (Lipinski definition) is 0. The predicted molar refractivity (Wildman–Crippen MR) is 113 cm³/mol. The number of rotatable bonds is 6. The SMILES string of the molecule is COc1ccc2c(c1)n(CC1CCC(C(=O)Cc3cccn3C)CC1)c(=O)n2C. The van der Waals surface area contributed by atoms with E-state index in [1.165, 1.54) is 0 Å². The van der Waals surface area contributed by atoms with E-state index in [-0.39, 0.29) is 11.6 Å². The number of methoxy groups -OCH3 is 1. The Bertz CT molecular complexity index is 1080. The number of nitrogens with zero attached hydrogens (tertiary/aromatic N) is 3. The molecule has 1 saturated carbocycles. The zero-order valence-electron chi connectivity index (χ0n) is 17.4. The van der Waals surface area contributed by atoms with E-state index in [1.54, 1.807) is 11.7 Å². The third-order valence-corrected chi connectivity index (χ3v) is 6.50. The average Bonchev–Trinajstić information content (AvgIpc) is 3.24. The highest BCUT2D eigenvalue weighted by molar-refractivity contribution is 5.83. The van der Waals surface area contributed by atoms with Crippen molar-refractivity contribution in [2.45, 2.75) is 38.6 Å². The van der Waals surface area contributed by atoms with Crippen molar-refractivity contribution in [1.29, 1.82) is 0 Å². The number of ether oxygens (including phenoxy) is 1. The monoisotopic (exact) mass is 395 g/mol. The molecule has 0 aliphatic heterocycles. The van der Waals surface area contributed by atoms with Crippen molar-refractivity contribution < 1.29 is 9.53 Å². The van der Waals surface area contributed by atoms with Crippen LogP contribution in [-0.2, 0) is 31.9 Å². The van der Waals surface area contributed by atoms with Crippen molar-refractivity contribution in [2.75, 3.05) is 7.11 Å². The zero-order valence-corrected chi connectivity index (χ0v) is 17.4. The van der Waals surface area contributed by atoms with Gasteiger partial charge >= 0.3 is 5.69 Å². The highest BCUT2D eigenvalue weighted by Gasteiger charge is 2.27. The molecule has 154 valence electrons. The quantitative estimate of drug-likeness (QED) is 0.643. The number of fused-ring (bicyclic) bond motifs is 1. The van der Waals surface area contributed by atoms with Crippen LogP contribution in [0.2, 0.25) is 0 Å². The number of benzene rings is 1. The second-order valence-electron chi connectivity index (χ2n) is 8.28. The molecule has 2 aromatic heterocycles. The second-order valence-corrected chi connectivity index (χ2v) is 8.28. The molecule has 1 fully saturated rings. The molecule has 29 heavy (non-hydrogen) atoms. The number of carbonyl (C=O) groups excluding carboxylic acids is 1. The molecule has 0 amide bonds. The Morgan fingerprint density at radius 1 is 1.10 bits per heavy atom. The summed E-state index contributed by atoms with van der Waals surface area (Å²) in [5.74, 6) is 1.67. The van der Waals surface area contributed by atoms with Crippen molar-refractivity contribution in [3.8, 4) is 5.75 Å². The van der Waals surface area contributed by atoms with Gasteiger partial charge in [0.1, 0.15) is 11.5 Å². The number of aryl methyl sites for hydroxylation is 2. The lowest BCUT2D eigenvalue weighted by Crippen LogP contribution is -2.29. The van der Waals surface area contributed by atoms with Gasteiger partial charge in [0.25, 0.3) is 0 Å². The number of carbonyl (C=O) groups is 1. The Morgan fingerprint density at radius 2 is 1.86 bits per heavy atom. The van der Waals surface area contributed by atoms with Gasteiger partial charge in [-0.25, -0.2) is 4.79 Å². The van der Waals surface area contributed by atoms with Crippen LogP contribution >= 0.6 is 0 Å². The van der Waals surface area contributed by atoms with Crippen LogP contribution in [0.1, 0.15) is 31.4 Å². The minimum atomic E-state index is 0.00941. The van der Waals surface area contributed by atoms with E-state index in [0.29, 0.717) is 24.7 Å². The number of imidazole rings is 1. The summed E-state index contributed by atoms with van der Waals surface area (Å²) in [5.41, 5.74) is 2.92. The fourth-order valence-corrected chi connectivity index (χ4v) is 4.62. The molecule has 3 aromatic rings. The fourth-order valence-electron chi connectivity index (χ4n) is 4.62. The molecule has 2 heterocycles. The van der Waals surface area contributed by atoms with E-state index < -0.39 is 0 Å². The van der Waals surface area contributed by atoms with Gasteiger partial charge in [-0.2, -0.15) is 0 Å². The van der Waals surface area contributed by atoms with Gasteiger partial charge < -0.3 is 9.30 Å². The van der Waals surface area contributed by atoms with Crippen molar-refractivity contribution in [1.82, 2.24) is 13.7 Å². The molecule has 1 aromatic carbocycles. The summed E-state index contributed by atoms with van der Waals surface area (Å²) in [6.07, 6.45) is 6.29. The Labute approximate surface area is 170 Å². The van der Waals surface area contributed by atoms with Gasteiger partial charge in [0, 0.05) is 50.9 Å². The van der Waals surface area contributed by atoms with Crippen molar-refractivity contribution in [3.63, 3.8) is 0 Å². The topological polar surface area (TPSA) is 58.2 Å². The van der Waals surface area contributed by atoms with Crippen LogP contribution < -0.4 is 10.4 Å². The molecule has 1 aliphatic rings. The summed E-state index contributed by atoms with van der Waals surface area (Å²) in [6, 6.07) is 9.76. The first kappa shape index (κ1) is 19.6. The lowest BCUT2D eigenvalue weighted by molar-refractivity contribution is -0.123. The van der Waals surface area contributed by atoms with Crippen LogP contribution in [0.15, 0.2) is 41.3 Å². The molecule has 0 N–H and O–H groups in total. The highest BCUT2D eigenvalue weighted by atomic mass is 16.5. The maximum atomic E-state index is 12.8. The molecular weight excluding hydrogens is 366 g/mol. The minimum absolute atomic E-state index is 0.00941. The summed E-state index contributed by atoms with van der Waals surface area (Å²) in [6.45, 7) is 0.696. The Kier molecular flexibility index (Phi) is 5.35. The number of hydrogen-bond acceptors (Lipinski definition) is 3. The molecule has 0 atom stereocenters. The van der Waals surface area contributed by atoms with Gasteiger partial charge in [0.05, 0.1) is 18.1 Å². The van der Waals surface area contributed by atoms with Gasteiger partial charge in [0.15, 0.2) is 0 Å². The van der Waals surface area contributed by atoms with Gasteiger partial charge in [-0.1, -0.05) is 0 Å². The van der Waals surface area contributed by atoms with Crippen LogP contribution in [0.3, 0.4) is 0 Å². The third-order valence-electron chi connectivity index (χ3n) is 6.50. The molecule has 6 heteroatoms. The van der Waals surface area contributed by atoms with Crippen LogP contribution in [0.5, 0.6) is 5.75 Å². The lowest BCUT2D eigenvalue weighted by Gasteiger charge is -2.28. The molecule has 4 rings (SSSR count). The van der Waals surface area contributed by atoms with E-state index in [1.807, 2.05) is 59.8 Å². The number of aromatic nitrogens is 3. The van der Waals surface area contributed by atoms with Gasteiger partial charge in [-0.3, -0.25) is 13.9 Å². The normalized spacial score (nSPS) is 19.6. The van der Waals surface area contributed by atoms with E-state index >= 15 is 0 Å². The summed E-state index contributed by atoms with van der Waals surface area (Å²) >= 11 is 0. The Balaban J connectivity index is 1.43. The van der Waals surface area contributed by atoms with Gasteiger partial charge in [-0.15, -0.1) is 0 Å². The van der Waals surface area contributed by atoms with Crippen LogP contribution in [-0.4, -0.2) is 26.6 Å². The second kappa shape index (κ2) is 7.93. The molecule has 0 unspecified atom stereocenters. The van der Waals surface area contributed by atoms with Crippen LogP contribution in [0, 0.1) is 11.8 Å². The first-order valence-electron chi connectivity index (χ1n) is 10.3. The summed E-state index contributed by atoms with van der Waals surface area (Å²) in [4.78, 5) is 25.5. The van der Waals surface area contributed by atoms with Crippen molar-refractivity contribution in [2.24, 2.45) is 25.9 Å². The molecule has 0 radical (unpaired) electrons. The maximum absolute atomic E-state index is 12.8. The van der Waals surface area contributed by atoms with Crippen molar-refractivity contribution in [3.05, 3.63) is 52.7 Å². The van der Waals surface area contributed by atoms with Crippen LogP contribution in [0.25, 0.3) is 11.0 Å². The first-order valence-corrected chi connectivity index (χ1v) is 10.3. The van der Waals surface area contributed by atoms with E-state index in [4.69, 9.17) is 4.74 Å². The fraction of sp³-hybridized carbons (Fsp3) is 0.478. The zero-order chi connectivity index (χ0) is 20.5. The molecular formula is C23H29N3O3. The molecule has 0 spiro atoms. The Hall–Kier alpha value is -2.76. The van der Waals surface area contributed by atoms with Crippen LogP contribution in [0.4, 0.5) is 0 Å². The number of Topliss-reactive ketones (excluding diaryl/α,β-unsaturated/α-hetero) is 1. The standard InChI is InChI=1S/C23H29N3O3/c1-24-12-4-5-18(24)13-22(27)17-8-6-16(7-9-17)15-26-21-14-19(29-3)10-11-20(21)25(2)23(26)28/h4-5,10-12,14,16-17H,6-9,13,15H2,1-3H3. The summed E-state index contributed by atoms with van der Waals surface area (Å²) in [7, 11) is 5.43. The first-order chi connectivity index (χ1) is 14.0. The van der Waals surface area contributed by atoms with E-state index in [9.17, 15) is 9.59 Å². The molecule has 6 nitrogen and oxygen atoms in total. The molecule has 0 saturated heterocycles. The van der Waals surface area contributed by atoms with E-state index in [2.05, 4.69) is 0 Å². The molecule has 0 bridgehead atoms. The highest BCUT2D eigenvalue weighted by Crippen LogP contribution is 2.32. The third kappa shape index (κ3) is 3.76. The number of ketones is 1. The smallest absolute Gasteiger partial charge is 0.328 e. The lowest BCUT2D eigenvalue weighted by atomic mass is 9.79. The van der Waals surface area contributed by atoms with Crippen molar-refractivity contribution >= 4 is 16.8 Å². The summed E-state index contributed by atoms with van der Waals surface area (Å²) < 4.78 is 10.9. The summed E-state index contributed by atoms with van der Waals surface area (Å²) in [5, 5.41) is 0. The van der Waals surface area contributed by atoms with E-state index in [0.717, 1.165) is 48.2 Å². The maximum Gasteiger partial charge on any atom is 0.328 e.